The zero-order valence-corrected chi connectivity index (χ0v) is 15.5. The second kappa shape index (κ2) is 8.17. The molecule has 1 aliphatic rings. The van der Waals surface area contributed by atoms with Gasteiger partial charge >= 0.3 is 0 Å². The minimum absolute atomic E-state index is 0.115. The van der Waals surface area contributed by atoms with Crippen LogP contribution in [0.5, 0.6) is 0 Å². The summed E-state index contributed by atoms with van der Waals surface area (Å²) in [5.74, 6) is -0.214. The van der Waals surface area contributed by atoms with Gasteiger partial charge in [0.25, 0.3) is 11.6 Å². The molecule has 27 heavy (non-hydrogen) atoms. The van der Waals surface area contributed by atoms with Crippen LogP contribution in [0.2, 0.25) is 0 Å². The number of nitro groups is 1. The number of nitro benzene ring substituents is 1. The maximum Gasteiger partial charge on any atom is 0.293 e. The van der Waals surface area contributed by atoms with Crippen LogP contribution in [0.25, 0.3) is 0 Å². The summed E-state index contributed by atoms with van der Waals surface area (Å²) >= 11 is 0. The van der Waals surface area contributed by atoms with Crippen molar-refractivity contribution in [1.29, 1.82) is 0 Å². The van der Waals surface area contributed by atoms with Crippen molar-refractivity contribution < 1.29 is 14.5 Å². The molecule has 1 aromatic heterocycles. The van der Waals surface area contributed by atoms with E-state index in [1.165, 1.54) is 6.07 Å². The Hall–Kier alpha value is -2.94. The first-order valence-electron chi connectivity index (χ1n) is 8.90. The van der Waals surface area contributed by atoms with E-state index in [1.807, 2.05) is 20.2 Å². The van der Waals surface area contributed by atoms with Gasteiger partial charge in [0.2, 0.25) is 0 Å². The molecule has 0 aliphatic carbocycles. The maximum atomic E-state index is 12.6. The van der Waals surface area contributed by atoms with Crippen molar-refractivity contribution in [2.45, 2.75) is 19.9 Å². The standard InChI is InChI=1S/C18H23N5O4/c1-3-15-14(12-21(2)20-15)11-19-16-5-4-13(10-17(16)23(25)26)18(24)22-6-8-27-9-7-22/h4-5,10,12,19H,3,6-9,11H2,1-2H3. The molecule has 9 nitrogen and oxygen atoms in total. The number of nitrogens with one attached hydrogen (secondary N) is 1. The molecular formula is C18H23N5O4. The average molecular weight is 373 g/mol. The van der Waals surface area contributed by atoms with E-state index in [9.17, 15) is 14.9 Å². The molecule has 3 rings (SSSR count). The van der Waals surface area contributed by atoms with E-state index in [0.29, 0.717) is 44.1 Å². The molecule has 2 heterocycles. The van der Waals surface area contributed by atoms with Crippen LogP contribution in [-0.2, 0) is 24.8 Å². The van der Waals surface area contributed by atoms with Crippen LogP contribution in [0.1, 0.15) is 28.5 Å². The molecule has 0 radical (unpaired) electrons. The summed E-state index contributed by atoms with van der Waals surface area (Å²) in [4.78, 5) is 25.3. The molecule has 1 N–H and O–H groups in total. The number of hydrogen-bond donors (Lipinski definition) is 1. The molecule has 1 saturated heterocycles. The Kier molecular flexibility index (Phi) is 5.70. The van der Waals surface area contributed by atoms with Crippen molar-refractivity contribution in [3.05, 3.63) is 51.3 Å². The quantitative estimate of drug-likeness (QED) is 0.613. The summed E-state index contributed by atoms with van der Waals surface area (Å²) in [6.07, 6.45) is 2.68. The normalized spacial score (nSPS) is 14.2. The number of ether oxygens (including phenoxy) is 1. The smallest absolute Gasteiger partial charge is 0.293 e. The van der Waals surface area contributed by atoms with E-state index >= 15 is 0 Å². The molecule has 0 spiro atoms. The number of morpholine rings is 1. The number of benzene rings is 1. The summed E-state index contributed by atoms with van der Waals surface area (Å²) < 4.78 is 6.97. The van der Waals surface area contributed by atoms with E-state index < -0.39 is 4.92 Å². The second-order valence-corrected chi connectivity index (χ2v) is 6.38. The van der Waals surface area contributed by atoms with Crippen molar-refractivity contribution in [1.82, 2.24) is 14.7 Å². The van der Waals surface area contributed by atoms with Gasteiger partial charge in [-0.05, 0) is 18.6 Å². The SMILES string of the molecule is CCc1nn(C)cc1CNc1ccc(C(=O)N2CCOCC2)cc1[N+](=O)[O-]. The highest BCUT2D eigenvalue weighted by Gasteiger charge is 2.22. The van der Waals surface area contributed by atoms with Gasteiger partial charge in [-0.1, -0.05) is 6.92 Å². The van der Waals surface area contributed by atoms with Crippen LogP contribution in [0.4, 0.5) is 11.4 Å². The monoisotopic (exact) mass is 373 g/mol. The third-order valence-electron chi connectivity index (χ3n) is 4.54. The molecule has 144 valence electrons. The minimum atomic E-state index is -0.470. The molecule has 1 fully saturated rings. The van der Waals surface area contributed by atoms with Gasteiger partial charge in [-0.3, -0.25) is 19.6 Å². The Morgan fingerprint density at radius 1 is 1.37 bits per heavy atom. The number of amides is 1. The third-order valence-corrected chi connectivity index (χ3v) is 4.54. The lowest BCUT2D eigenvalue weighted by Crippen LogP contribution is -2.40. The van der Waals surface area contributed by atoms with Crippen LogP contribution < -0.4 is 5.32 Å². The van der Waals surface area contributed by atoms with E-state index in [0.717, 1.165) is 17.7 Å². The van der Waals surface area contributed by atoms with Gasteiger partial charge in [-0.15, -0.1) is 0 Å². The Bertz CT molecular complexity index is 842. The van der Waals surface area contributed by atoms with Gasteiger partial charge in [0.05, 0.1) is 23.8 Å². The lowest BCUT2D eigenvalue weighted by Gasteiger charge is -2.26. The first-order chi connectivity index (χ1) is 13.0. The van der Waals surface area contributed by atoms with Crippen LogP contribution in [0, 0.1) is 10.1 Å². The number of aromatic nitrogens is 2. The van der Waals surface area contributed by atoms with E-state index in [1.54, 1.807) is 21.7 Å². The Morgan fingerprint density at radius 2 is 2.11 bits per heavy atom. The number of nitrogens with zero attached hydrogens (tertiary/aromatic N) is 4. The highest BCUT2D eigenvalue weighted by Crippen LogP contribution is 2.27. The molecule has 1 aliphatic heterocycles. The first kappa shape index (κ1) is 18.8. The first-order valence-corrected chi connectivity index (χ1v) is 8.90. The fourth-order valence-electron chi connectivity index (χ4n) is 3.13. The number of carbonyl (C=O) groups is 1. The maximum absolute atomic E-state index is 12.6. The fraction of sp³-hybridized carbons (Fsp3) is 0.444. The average Bonchev–Trinajstić information content (AvgIpc) is 3.06. The van der Waals surface area contributed by atoms with Crippen molar-refractivity contribution in [3.63, 3.8) is 0 Å². The Labute approximate surface area is 157 Å². The van der Waals surface area contributed by atoms with Gasteiger partial charge in [0.1, 0.15) is 5.69 Å². The third kappa shape index (κ3) is 4.25. The highest BCUT2D eigenvalue weighted by atomic mass is 16.6. The van der Waals surface area contributed by atoms with Crippen LogP contribution >= 0.6 is 0 Å². The van der Waals surface area contributed by atoms with Crippen LogP contribution in [0.15, 0.2) is 24.4 Å². The number of hydrogen-bond acceptors (Lipinski definition) is 6. The topological polar surface area (TPSA) is 103 Å². The number of rotatable bonds is 6. The summed E-state index contributed by atoms with van der Waals surface area (Å²) in [5.41, 5.74) is 2.51. The minimum Gasteiger partial charge on any atom is -0.378 e. The van der Waals surface area contributed by atoms with Gasteiger partial charge in [0.15, 0.2) is 0 Å². The Balaban J connectivity index is 1.79. The van der Waals surface area contributed by atoms with Gasteiger partial charge in [-0.2, -0.15) is 5.10 Å². The fourth-order valence-corrected chi connectivity index (χ4v) is 3.13. The van der Waals surface area contributed by atoms with Crippen LogP contribution in [-0.4, -0.2) is 51.8 Å². The van der Waals surface area contributed by atoms with Gasteiger partial charge in [0, 0.05) is 50.1 Å². The van der Waals surface area contributed by atoms with E-state index in [-0.39, 0.29) is 11.6 Å². The van der Waals surface area contributed by atoms with Gasteiger partial charge < -0.3 is 15.0 Å². The zero-order chi connectivity index (χ0) is 19.4. The van der Waals surface area contributed by atoms with Gasteiger partial charge in [-0.25, -0.2) is 0 Å². The summed E-state index contributed by atoms with van der Waals surface area (Å²) in [6, 6.07) is 4.55. The summed E-state index contributed by atoms with van der Waals surface area (Å²) in [7, 11) is 1.84. The predicted molar refractivity (Wildman–Crippen MR) is 99.7 cm³/mol. The van der Waals surface area contributed by atoms with Crippen molar-refractivity contribution >= 4 is 17.3 Å². The van der Waals surface area contributed by atoms with Crippen molar-refractivity contribution in [2.75, 3.05) is 31.6 Å². The lowest BCUT2D eigenvalue weighted by molar-refractivity contribution is -0.384. The number of anilines is 1. The van der Waals surface area contributed by atoms with Crippen molar-refractivity contribution in [2.24, 2.45) is 7.05 Å². The molecule has 1 aromatic carbocycles. The predicted octanol–water partition coefficient (Wildman–Crippen LogP) is 1.98. The molecule has 0 bridgehead atoms. The molecule has 0 saturated carbocycles. The highest BCUT2D eigenvalue weighted by molar-refractivity contribution is 5.95. The largest absolute Gasteiger partial charge is 0.378 e. The zero-order valence-electron chi connectivity index (χ0n) is 15.5. The summed E-state index contributed by atoms with van der Waals surface area (Å²) in [6.45, 7) is 4.40. The molecule has 2 aromatic rings. The molecule has 1 amide bonds. The molecule has 9 heteroatoms. The second-order valence-electron chi connectivity index (χ2n) is 6.38. The number of aryl methyl sites for hydroxylation is 2. The molecule has 0 atom stereocenters. The molecular weight excluding hydrogens is 350 g/mol. The van der Waals surface area contributed by atoms with E-state index in [4.69, 9.17) is 4.74 Å². The van der Waals surface area contributed by atoms with E-state index in [2.05, 4.69) is 10.4 Å². The van der Waals surface area contributed by atoms with Crippen LogP contribution in [0.3, 0.4) is 0 Å². The lowest BCUT2D eigenvalue weighted by atomic mass is 10.1. The Morgan fingerprint density at radius 3 is 2.78 bits per heavy atom. The summed E-state index contributed by atoms with van der Waals surface area (Å²) in [5, 5.41) is 19.0. The van der Waals surface area contributed by atoms with Crippen molar-refractivity contribution in [3.8, 4) is 0 Å². The number of carbonyl (C=O) groups excluding carboxylic acids is 1. The molecule has 0 unspecified atom stereocenters.